The number of aliphatic hydroxyl groups is 1. The van der Waals surface area contributed by atoms with Gasteiger partial charge in [0, 0.05) is 0 Å². The second-order valence-corrected chi connectivity index (χ2v) is 1.68. The Morgan fingerprint density at radius 3 is 2.64 bits per heavy atom. The van der Waals surface area contributed by atoms with E-state index in [4.69, 9.17) is 10.8 Å². The largest absolute Gasteiger partial charge is 0.447 e. The number of carbonyl (C=O) groups excluding carboxylic acids is 2. The topological polar surface area (TPSA) is 102 Å². The van der Waals surface area contributed by atoms with Crippen molar-refractivity contribution in [1.82, 2.24) is 5.32 Å². The van der Waals surface area contributed by atoms with Gasteiger partial charge in [-0.05, 0) is 0 Å². The number of primary amides is 1. The van der Waals surface area contributed by atoms with Gasteiger partial charge < -0.3 is 20.9 Å². The number of ether oxygens (including phenoxy) is 1. The highest BCUT2D eigenvalue weighted by atomic mass is 16.6. The van der Waals surface area contributed by atoms with Gasteiger partial charge >= 0.3 is 6.09 Å². The van der Waals surface area contributed by atoms with Gasteiger partial charge in [0.2, 0.25) is 5.91 Å². The van der Waals surface area contributed by atoms with Crippen LogP contribution in [0.4, 0.5) is 4.79 Å². The quantitative estimate of drug-likeness (QED) is 0.453. The first-order valence-electron chi connectivity index (χ1n) is 2.96. The second-order valence-electron chi connectivity index (χ2n) is 1.68. The van der Waals surface area contributed by atoms with Crippen LogP contribution in [-0.4, -0.2) is 36.9 Å². The number of amides is 2. The van der Waals surface area contributed by atoms with E-state index in [1.165, 1.54) is 0 Å². The van der Waals surface area contributed by atoms with E-state index in [-0.39, 0.29) is 19.8 Å². The van der Waals surface area contributed by atoms with Gasteiger partial charge in [-0.3, -0.25) is 4.79 Å². The third-order valence-corrected chi connectivity index (χ3v) is 0.731. The molecule has 0 unspecified atom stereocenters. The van der Waals surface area contributed by atoms with Crippen LogP contribution < -0.4 is 11.1 Å². The number of nitrogens with one attached hydrogen (secondary N) is 1. The fraction of sp³-hybridized carbons (Fsp3) is 0.600. The summed E-state index contributed by atoms with van der Waals surface area (Å²) in [7, 11) is 0. The zero-order valence-electron chi connectivity index (χ0n) is 5.87. The smallest absolute Gasteiger partial charge is 0.407 e. The zero-order chi connectivity index (χ0) is 8.69. The van der Waals surface area contributed by atoms with Gasteiger partial charge in [-0.15, -0.1) is 0 Å². The van der Waals surface area contributed by atoms with Crippen LogP contribution in [0.15, 0.2) is 0 Å². The Kier molecular flexibility index (Phi) is 4.83. The van der Waals surface area contributed by atoms with Crippen molar-refractivity contribution >= 4 is 12.0 Å². The maximum atomic E-state index is 10.5. The maximum absolute atomic E-state index is 10.5. The van der Waals surface area contributed by atoms with E-state index in [2.05, 4.69) is 10.1 Å². The van der Waals surface area contributed by atoms with E-state index >= 15 is 0 Å². The van der Waals surface area contributed by atoms with Crippen molar-refractivity contribution in [2.45, 2.75) is 0 Å². The summed E-state index contributed by atoms with van der Waals surface area (Å²) in [6.45, 7) is -0.598. The summed E-state index contributed by atoms with van der Waals surface area (Å²) >= 11 is 0. The van der Waals surface area contributed by atoms with E-state index in [1.54, 1.807) is 0 Å². The van der Waals surface area contributed by atoms with E-state index < -0.39 is 12.0 Å². The van der Waals surface area contributed by atoms with Gasteiger partial charge in [0.05, 0.1) is 13.2 Å². The molecule has 0 aromatic heterocycles. The molecule has 0 saturated carbocycles. The SMILES string of the molecule is NC(=O)CNC(=O)OCCO. The molecule has 0 aliphatic heterocycles. The molecule has 0 radical (unpaired) electrons. The van der Waals surface area contributed by atoms with Crippen LogP contribution in [0.5, 0.6) is 0 Å². The molecule has 4 N–H and O–H groups in total. The first kappa shape index (κ1) is 9.70. The van der Waals surface area contributed by atoms with Crippen LogP contribution in [0.3, 0.4) is 0 Å². The summed E-state index contributed by atoms with van der Waals surface area (Å²) < 4.78 is 4.33. The van der Waals surface area contributed by atoms with Gasteiger partial charge in [0.1, 0.15) is 6.61 Å². The minimum absolute atomic E-state index is 0.0927. The lowest BCUT2D eigenvalue weighted by molar-refractivity contribution is -0.117. The highest BCUT2D eigenvalue weighted by Gasteiger charge is 2.01. The number of rotatable bonds is 4. The summed E-state index contributed by atoms with van der Waals surface area (Å²) in [5, 5.41) is 10.3. The minimum Gasteiger partial charge on any atom is -0.447 e. The van der Waals surface area contributed by atoms with Crippen LogP contribution in [0.2, 0.25) is 0 Å². The molecule has 2 amide bonds. The first-order chi connectivity index (χ1) is 5.16. The average Bonchev–Trinajstić information content (AvgIpc) is 1.97. The van der Waals surface area contributed by atoms with Crippen molar-refractivity contribution < 1.29 is 19.4 Å². The molecule has 0 saturated heterocycles. The van der Waals surface area contributed by atoms with Crippen molar-refractivity contribution in [2.75, 3.05) is 19.8 Å². The zero-order valence-corrected chi connectivity index (χ0v) is 5.87. The first-order valence-corrected chi connectivity index (χ1v) is 2.96. The van der Waals surface area contributed by atoms with Gasteiger partial charge in [-0.1, -0.05) is 0 Å². The number of hydrogen-bond donors (Lipinski definition) is 3. The molecule has 0 aromatic carbocycles. The highest BCUT2D eigenvalue weighted by Crippen LogP contribution is 1.74. The van der Waals surface area contributed by atoms with E-state index in [9.17, 15) is 9.59 Å². The minimum atomic E-state index is -0.766. The molecule has 6 nitrogen and oxygen atoms in total. The summed E-state index contributed by atoms with van der Waals surface area (Å²) in [6, 6.07) is 0. The Morgan fingerprint density at radius 1 is 1.55 bits per heavy atom. The van der Waals surface area contributed by atoms with Crippen molar-refractivity contribution in [3.8, 4) is 0 Å². The summed E-state index contributed by atoms with van der Waals surface area (Å²) in [4.78, 5) is 20.5. The number of alkyl carbamates (subject to hydrolysis) is 1. The Labute approximate surface area is 63.3 Å². The van der Waals surface area contributed by atoms with Gasteiger partial charge in [0.25, 0.3) is 0 Å². The van der Waals surface area contributed by atoms with Crippen molar-refractivity contribution in [3.63, 3.8) is 0 Å². The Bertz CT molecular complexity index is 147. The molecule has 0 bridgehead atoms. The van der Waals surface area contributed by atoms with E-state index in [0.29, 0.717) is 0 Å². The predicted molar refractivity (Wildman–Crippen MR) is 35.6 cm³/mol. The standard InChI is InChI=1S/C5H10N2O4/c6-4(9)3-7-5(10)11-2-1-8/h8H,1-3H2,(H2,6,9)(H,7,10). The summed E-state index contributed by atoms with van der Waals surface area (Å²) in [5.41, 5.74) is 4.71. The molecular weight excluding hydrogens is 152 g/mol. The van der Waals surface area contributed by atoms with Crippen LogP contribution in [0.25, 0.3) is 0 Å². The van der Waals surface area contributed by atoms with E-state index in [0.717, 1.165) is 0 Å². The molecule has 0 spiro atoms. The van der Waals surface area contributed by atoms with Gasteiger partial charge in [-0.25, -0.2) is 4.79 Å². The molecule has 0 aromatic rings. The lowest BCUT2D eigenvalue weighted by Crippen LogP contribution is -2.34. The summed E-state index contributed by atoms with van der Waals surface area (Å²) in [6.07, 6.45) is -0.766. The maximum Gasteiger partial charge on any atom is 0.407 e. The molecule has 0 atom stereocenters. The fourth-order valence-electron chi connectivity index (χ4n) is 0.349. The Balaban J connectivity index is 3.30. The third kappa shape index (κ3) is 6.59. The molecule has 0 aliphatic rings. The average molecular weight is 162 g/mol. The molecule has 11 heavy (non-hydrogen) atoms. The van der Waals surface area contributed by atoms with Crippen molar-refractivity contribution in [1.29, 1.82) is 0 Å². The van der Waals surface area contributed by atoms with Crippen molar-refractivity contribution in [2.24, 2.45) is 5.73 Å². The molecule has 0 aliphatic carbocycles. The molecule has 0 rings (SSSR count). The fourth-order valence-corrected chi connectivity index (χ4v) is 0.349. The predicted octanol–water partition coefficient (Wildman–Crippen LogP) is -1.81. The number of aliphatic hydroxyl groups excluding tert-OH is 1. The van der Waals surface area contributed by atoms with Gasteiger partial charge in [-0.2, -0.15) is 0 Å². The Morgan fingerprint density at radius 2 is 2.18 bits per heavy atom. The number of carbonyl (C=O) groups is 2. The lowest BCUT2D eigenvalue weighted by atomic mass is 10.6. The normalized spacial score (nSPS) is 8.82. The molecular formula is C5H10N2O4. The van der Waals surface area contributed by atoms with Crippen LogP contribution in [0, 0.1) is 0 Å². The summed E-state index contributed by atoms with van der Waals surface area (Å²) in [5.74, 6) is -0.647. The van der Waals surface area contributed by atoms with Gasteiger partial charge in [0.15, 0.2) is 0 Å². The second kappa shape index (κ2) is 5.48. The Hall–Kier alpha value is -1.30. The third-order valence-electron chi connectivity index (χ3n) is 0.731. The van der Waals surface area contributed by atoms with Crippen molar-refractivity contribution in [3.05, 3.63) is 0 Å². The van der Waals surface area contributed by atoms with Crippen LogP contribution >= 0.6 is 0 Å². The molecule has 6 heteroatoms. The van der Waals surface area contributed by atoms with Crippen LogP contribution in [-0.2, 0) is 9.53 Å². The highest BCUT2D eigenvalue weighted by molar-refractivity contribution is 5.80. The number of hydrogen-bond acceptors (Lipinski definition) is 4. The monoisotopic (exact) mass is 162 g/mol. The molecule has 0 fully saturated rings. The molecule has 64 valence electrons. The van der Waals surface area contributed by atoms with E-state index in [1.807, 2.05) is 0 Å². The number of nitrogens with two attached hydrogens (primary N) is 1. The molecule has 0 heterocycles. The van der Waals surface area contributed by atoms with Crippen LogP contribution in [0.1, 0.15) is 0 Å². The lowest BCUT2D eigenvalue weighted by Gasteiger charge is -2.02.